The lowest BCUT2D eigenvalue weighted by molar-refractivity contribution is 0.104. The Bertz CT molecular complexity index is 651. The predicted octanol–water partition coefficient (Wildman–Crippen LogP) is 3.24. The maximum Gasteiger partial charge on any atom is 0.187 e. The fraction of sp³-hybridized carbons (Fsp3) is 0.0588. The van der Waals surface area contributed by atoms with Crippen molar-refractivity contribution in [1.82, 2.24) is 10.9 Å². The second-order valence-corrected chi connectivity index (χ2v) is 4.91. The molecule has 2 aromatic rings. The maximum atomic E-state index is 12.0. The van der Waals surface area contributed by atoms with Gasteiger partial charge in [0.25, 0.3) is 0 Å². The van der Waals surface area contributed by atoms with Crippen LogP contribution in [0, 0.1) is 0 Å². The number of benzene rings is 2. The Hall–Kier alpha value is -2.46. The number of nitrogens with one attached hydrogen (secondary N) is 2. The number of carbonyl (C=O) groups excluding carboxylic acids is 1. The molecule has 0 amide bonds. The fourth-order valence-corrected chi connectivity index (χ4v) is 1.92. The van der Waals surface area contributed by atoms with Crippen molar-refractivity contribution in [3.63, 3.8) is 0 Å². The topological polar surface area (TPSA) is 41.1 Å². The Morgan fingerprint density at radius 1 is 0.905 bits per heavy atom. The van der Waals surface area contributed by atoms with E-state index < -0.39 is 0 Å². The van der Waals surface area contributed by atoms with Crippen LogP contribution < -0.4 is 10.9 Å². The highest BCUT2D eigenvalue weighted by Gasteiger charge is 2.03. The van der Waals surface area contributed by atoms with Gasteiger partial charge < -0.3 is 5.43 Å². The molecule has 21 heavy (non-hydrogen) atoms. The molecule has 0 aliphatic heterocycles. The molecule has 0 unspecified atom stereocenters. The molecular weight excluding hydrogens is 280 g/mol. The average Bonchev–Trinajstić information content (AvgIpc) is 2.54. The first-order valence-electron chi connectivity index (χ1n) is 6.56. The molecule has 0 fully saturated rings. The van der Waals surface area contributed by atoms with Crippen molar-refractivity contribution in [3.05, 3.63) is 83.6 Å². The van der Waals surface area contributed by atoms with E-state index in [4.69, 9.17) is 12.2 Å². The molecule has 0 atom stereocenters. The number of ketones is 1. The zero-order chi connectivity index (χ0) is 15.1. The van der Waals surface area contributed by atoms with E-state index in [1.54, 1.807) is 19.1 Å². The van der Waals surface area contributed by atoms with Gasteiger partial charge in [-0.05, 0) is 6.92 Å². The van der Waals surface area contributed by atoms with Gasteiger partial charge in [0.1, 0.15) is 4.99 Å². The quantitative estimate of drug-likeness (QED) is 0.385. The van der Waals surface area contributed by atoms with Gasteiger partial charge in [-0.15, -0.1) is 0 Å². The van der Waals surface area contributed by atoms with Crippen molar-refractivity contribution < 1.29 is 4.79 Å². The molecule has 4 heteroatoms. The second-order valence-electron chi connectivity index (χ2n) is 4.50. The van der Waals surface area contributed by atoms with Crippen LogP contribution in [0.1, 0.15) is 22.8 Å². The van der Waals surface area contributed by atoms with Crippen molar-refractivity contribution in [2.24, 2.45) is 0 Å². The molecule has 0 aromatic heterocycles. The van der Waals surface area contributed by atoms with E-state index >= 15 is 0 Å². The summed E-state index contributed by atoms with van der Waals surface area (Å²) in [4.78, 5) is 12.6. The summed E-state index contributed by atoms with van der Waals surface area (Å²) in [5.74, 6) is -0.0481. The van der Waals surface area contributed by atoms with E-state index in [2.05, 4.69) is 10.9 Å². The summed E-state index contributed by atoms with van der Waals surface area (Å²) in [6.45, 7) is 1.81. The van der Waals surface area contributed by atoms with Crippen LogP contribution in [0.2, 0.25) is 0 Å². The maximum absolute atomic E-state index is 12.0. The fourth-order valence-electron chi connectivity index (χ4n) is 1.74. The zero-order valence-corrected chi connectivity index (χ0v) is 12.5. The molecule has 0 heterocycles. The lowest BCUT2D eigenvalue weighted by Gasteiger charge is -2.11. The molecule has 3 nitrogen and oxygen atoms in total. The highest BCUT2D eigenvalue weighted by Crippen LogP contribution is 2.02. The number of hydrogen-bond donors (Lipinski definition) is 2. The highest BCUT2D eigenvalue weighted by molar-refractivity contribution is 7.80. The van der Waals surface area contributed by atoms with Gasteiger partial charge in [-0.3, -0.25) is 10.2 Å². The molecule has 2 rings (SSSR count). The zero-order valence-electron chi connectivity index (χ0n) is 11.7. The highest BCUT2D eigenvalue weighted by atomic mass is 32.1. The monoisotopic (exact) mass is 296 g/mol. The van der Waals surface area contributed by atoms with Crippen molar-refractivity contribution >= 4 is 23.0 Å². The third-order valence-electron chi connectivity index (χ3n) is 2.82. The molecule has 0 bridgehead atoms. The third kappa shape index (κ3) is 4.54. The standard InChI is InChI=1S/C17H16N2OS/c1-13(12-16(20)14-8-4-2-5-9-14)18-19-17(21)15-10-6-3-7-11-15/h2-12,18H,1H3,(H,19,21)/b13-12+. The summed E-state index contributed by atoms with van der Waals surface area (Å²) >= 11 is 5.26. The molecule has 2 N–H and O–H groups in total. The van der Waals surface area contributed by atoms with Gasteiger partial charge in [0, 0.05) is 22.9 Å². The van der Waals surface area contributed by atoms with Crippen molar-refractivity contribution in [3.8, 4) is 0 Å². The number of hydrogen-bond acceptors (Lipinski definition) is 3. The number of carbonyl (C=O) groups is 1. The van der Waals surface area contributed by atoms with Crippen LogP contribution in [0.3, 0.4) is 0 Å². The number of rotatable bonds is 5. The Morgan fingerprint density at radius 2 is 1.43 bits per heavy atom. The summed E-state index contributed by atoms with van der Waals surface area (Å²) < 4.78 is 0. The molecule has 0 radical (unpaired) electrons. The lowest BCUT2D eigenvalue weighted by atomic mass is 10.1. The summed E-state index contributed by atoms with van der Waals surface area (Å²) in [7, 11) is 0. The van der Waals surface area contributed by atoms with Crippen LogP contribution in [0.4, 0.5) is 0 Å². The summed E-state index contributed by atoms with van der Waals surface area (Å²) in [5.41, 5.74) is 8.12. The second kappa shape index (κ2) is 7.36. The van der Waals surface area contributed by atoms with E-state index in [1.165, 1.54) is 6.08 Å². The summed E-state index contributed by atoms with van der Waals surface area (Å²) in [6, 6.07) is 18.8. The van der Waals surface area contributed by atoms with Crippen LogP contribution in [-0.2, 0) is 0 Å². The van der Waals surface area contributed by atoms with Crippen molar-refractivity contribution in [2.75, 3.05) is 0 Å². The van der Waals surface area contributed by atoms with E-state index in [1.807, 2.05) is 48.5 Å². The average molecular weight is 296 g/mol. The van der Waals surface area contributed by atoms with E-state index in [9.17, 15) is 4.79 Å². The molecule has 0 spiro atoms. The van der Waals surface area contributed by atoms with Crippen LogP contribution >= 0.6 is 12.2 Å². The molecule has 0 saturated heterocycles. The Kier molecular flexibility index (Phi) is 5.23. The molecule has 0 aliphatic rings. The first-order chi connectivity index (χ1) is 10.2. The predicted molar refractivity (Wildman–Crippen MR) is 88.9 cm³/mol. The third-order valence-corrected chi connectivity index (χ3v) is 3.15. The SMILES string of the molecule is C/C(=C\C(=O)c1ccccc1)NNC(=S)c1ccccc1. The van der Waals surface area contributed by atoms with Crippen LogP contribution in [-0.4, -0.2) is 10.8 Å². The van der Waals surface area contributed by atoms with E-state index in [0.29, 0.717) is 16.2 Å². The Morgan fingerprint density at radius 3 is 2.00 bits per heavy atom. The Balaban J connectivity index is 1.93. The summed E-state index contributed by atoms with van der Waals surface area (Å²) in [6.07, 6.45) is 1.54. The first-order valence-corrected chi connectivity index (χ1v) is 6.97. The number of hydrazine groups is 1. The van der Waals surface area contributed by atoms with Gasteiger partial charge in [-0.2, -0.15) is 0 Å². The van der Waals surface area contributed by atoms with Crippen LogP contribution in [0.5, 0.6) is 0 Å². The molecule has 0 aliphatic carbocycles. The van der Waals surface area contributed by atoms with Crippen LogP contribution in [0.15, 0.2) is 72.4 Å². The van der Waals surface area contributed by atoms with Gasteiger partial charge in [-0.1, -0.05) is 72.9 Å². The smallest absolute Gasteiger partial charge is 0.187 e. The van der Waals surface area contributed by atoms with E-state index in [-0.39, 0.29) is 5.78 Å². The molecular formula is C17H16N2OS. The van der Waals surface area contributed by atoms with Crippen molar-refractivity contribution in [2.45, 2.75) is 6.92 Å². The minimum Gasteiger partial charge on any atom is -0.304 e. The minimum atomic E-state index is -0.0481. The normalized spacial score (nSPS) is 10.8. The van der Waals surface area contributed by atoms with E-state index in [0.717, 1.165) is 5.56 Å². The lowest BCUT2D eigenvalue weighted by Crippen LogP contribution is -2.35. The van der Waals surface area contributed by atoms with Gasteiger partial charge in [0.15, 0.2) is 5.78 Å². The van der Waals surface area contributed by atoms with Crippen molar-refractivity contribution in [1.29, 1.82) is 0 Å². The van der Waals surface area contributed by atoms with Gasteiger partial charge in [0.05, 0.1) is 0 Å². The van der Waals surface area contributed by atoms with Gasteiger partial charge in [0.2, 0.25) is 0 Å². The molecule has 2 aromatic carbocycles. The molecule has 0 saturated carbocycles. The number of allylic oxidation sites excluding steroid dienone is 2. The number of thiocarbonyl (C=S) groups is 1. The van der Waals surface area contributed by atoms with Gasteiger partial charge >= 0.3 is 0 Å². The summed E-state index contributed by atoms with van der Waals surface area (Å²) in [5, 5.41) is 0. The minimum absolute atomic E-state index is 0.0481. The first kappa shape index (κ1) is 14.9. The largest absolute Gasteiger partial charge is 0.304 e. The molecule has 106 valence electrons. The Labute approximate surface area is 129 Å². The van der Waals surface area contributed by atoms with Crippen LogP contribution in [0.25, 0.3) is 0 Å². The van der Waals surface area contributed by atoms with Gasteiger partial charge in [-0.25, -0.2) is 0 Å².